The smallest absolute Gasteiger partial charge is 0.349 e. The number of fused-ring (bicyclic) bond motifs is 1. The van der Waals surface area contributed by atoms with E-state index in [2.05, 4.69) is 20.4 Å². The highest BCUT2D eigenvalue weighted by Crippen LogP contribution is 2.24. The molecule has 5 rings (SSSR count). The number of anilines is 1. The average Bonchev–Trinajstić information content (AvgIpc) is 3.12. The van der Waals surface area contributed by atoms with E-state index in [0.717, 1.165) is 17.0 Å². The normalized spacial score (nSPS) is 10.9. The minimum Gasteiger partial charge on any atom is -0.439 e. The molecule has 0 atom stereocenters. The van der Waals surface area contributed by atoms with E-state index in [-0.39, 0.29) is 5.56 Å². The van der Waals surface area contributed by atoms with Crippen LogP contribution in [0.15, 0.2) is 76.2 Å². The maximum atomic E-state index is 12.7. The van der Waals surface area contributed by atoms with Crippen molar-refractivity contribution in [3.63, 3.8) is 0 Å². The second-order valence-electron chi connectivity index (χ2n) is 7.99. The molecule has 174 valence electrons. The van der Waals surface area contributed by atoms with Crippen molar-refractivity contribution in [3.8, 4) is 17.4 Å². The number of ether oxygens (including phenoxy) is 1. The number of nitrogens with zero attached hydrogens (tertiary/aromatic N) is 4. The molecule has 1 amide bonds. The average molecular weight is 467 g/mol. The van der Waals surface area contributed by atoms with Gasteiger partial charge in [-0.15, -0.1) is 0 Å². The molecule has 0 saturated carbocycles. The third-order valence-corrected chi connectivity index (χ3v) is 5.72. The summed E-state index contributed by atoms with van der Waals surface area (Å²) >= 11 is 0. The Kier molecular flexibility index (Phi) is 5.58. The maximum Gasteiger partial charge on any atom is 0.349 e. The Morgan fingerprint density at radius 3 is 2.51 bits per heavy atom. The predicted octanol–water partition coefficient (Wildman–Crippen LogP) is 4.74. The Morgan fingerprint density at radius 2 is 1.77 bits per heavy atom. The van der Waals surface area contributed by atoms with Gasteiger partial charge in [0.1, 0.15) is 23.2 Å². The van der Waals surface area contributed by atoms with E-state index in [9.17, 15) is 9.59 Å². The number of rotatable bonds is 5. The SMILES string of the molecule is Cc1nn(-c2cc(Oc3ccc(NC(=O)c4cc5ccccc5oc4=O)cc3)ncn2)c(C)c1C. The summed E-state index contributed by atoms with van der Waals surface area (Å²) in [6.45, 7) is 5.94. The van der Waals surface area contributed by atoms with Gasteiger partial charge in [0.05, 0.1) is 5.69 Å². The number of aryl methyl sites for hydroxylation is 1. The standard InChI is InChI=1S/C26H21N5O4/c1-15-16(2)30-31(17(15)3)23-13-24(28-14-27-23)34-20-10-8-19(9-11-20)29-25(32)21-12-18-6-4-5-7-22(18)35-26(21)33/h4-14H,1-3H3,(H,29,32). The fourth-order valence-electron chi connectivity index (χ4n) is 3.59. The van der Waals surface area contributed by atoms with E-state index >= 15 is 0 Å². The third-order valence-electron chi connectivity index (χ3n) is 5.72. The number of hydrogen-bond acceptors (Lipinski definition) is 7. The van der Waals surface area contributed by atoms with Crippen molar-refractivity contribution in [1.29, 1.82) is 0 Å². The lowest BCUT2D eigenvalue weighted by Gasteiger charge is -2.09. The number of aromatic nitrogens is 4. The van der Waals surface area contributed by atoms with Gasteiger partial charge < -0.3 is 14.5 Å². The van der Waals surface area contributed by atoms with Crippen molar-refractivity contribution in [2.45, 2.75) is 20.8 Å². The molecule has 3 aromatic heterocycles. The van der Waals surface area contributed by atoms with Crippen molar-refractivity contribution >= 4 is 22.6 Å². The molecule has 3 heterocycles. The number of benzene rings is 2. The van der Waals surface area contributed by atoms with Crippen LogP contribution in [0.25, 0.3) is 16.8 Å². The van der Waals surface area contributed by atoms with Crippen molar-refractivity contribution in [1.82, 2.24) is 19.7 Å². The lowest BCUT2D eigenvalue weighted by molar-refractivity contribution is 0.102. The number of nitrogens with one attached hydrogen (secondary N) is 1. The second-order valence-corrected chi connectivity index (χ2v) is 7.99. The first-order valence-corrected chi connectivity index (χ1v) is 10.9. The predicted molar refractivity (Wildman–Crippen MR) is 130 cm³/mol. The summed E-state index contributed by atoms with van der Waals surface area (Å²) in [4.78, 5) is 33.4. The third kappa shape index (κ3) is 4.39. The highest BCUT2D eigenvalue weighted by atomic mass is 16.5. The minimum absolute atomic E-state index is 0.0723. The highest BCUT2D eigenvalue weighted by molar-refractivity contribution is 6.05. The van der Waals surface area contributed by atoms with Crippen LogP contribution in [-0.2, 0) is 0 Å². The van der Waals surface area contributed by atoms with E-state index in [1.807, 2.05) is 26.8 Å². The molecule has 2 aromatic carbocycles. The first kappa shape index (κ1) is 22.0. The molecule has 0 saturated heterocycles. The highest BCUT2D eigenvalue weighted by Gasteiger charge is 2.15. The fourth-order valence-corrected chi connectivity index (χ4v) is 3.59. The molecule has 9 nitrogen and oxygen atoms in total. The van der Waals surface area contributed by atoms with Gasteiger partial charge in [-0.25, -0.2) is 19.4 Å². The molecule has 0 aliphatic rings. The first-order chi connectivity index (χ1) is 16.9. The van der Waals surface area contributed by atoms with Crippen LogP contribution in [0.4, 0.5) is 5.69 Å². The van der Waals surface area contributed by atoms with E-state index in [0.29, 0.717) is 34.1 Å². The molecule has 0 spiro atoms. The van der Waals surface area contributed by atoms with Gasteiger partial charge in [0.25, 0.3) is 5.91 Å². The summed E-state index contributed by atoms with van der Waals surface area (Å²) in [5.74, 6) is 0.911. The summed E-state index contributed by atoms with van der Waals surface area (Å²) < 4.78 is 12.8. The second kappa shape index (κ2) is 8.86. The van der Waals surface area contributed by atoms with Crippen LogP contribution in [0.1, 0.15) is 27.3 Å². The first-order valence-electron chi connectivity index (χ1n) is 10.9. The Hall–Kier alpha value is -4.79. The molecule has 0 radical (unpaired) electrons. The van der Waals surface area contributed by atoms with Crippen LogP contribution in [0.5, 0.6) is 11.6 Å². The van der Waals surface area contributed by atoms with Gasteiger partial charge in [0.2, 0.25) is 5.88 Å². The summed E-state index contributed by atoms with van der Waals surface area (Å²) in [6.07, 6.45) is 1.42. The van der Waals surface area contributed by atoms with Gasteiger partial charge >= 0.3 is 5.63 Å². The van der Waals surface area contributed by atoms with E-state index < -0.39 is 11.5 Å². The van der Waals surface area contributed by atoms with Crippen molar-refractivity contribution < 1.29 is 13.9 Å². The van der Waals surface area contributed by atoms with E-state index in [1.54, 1.807) is 53.2 Å². The maximum absolute atomic E-state index is 12.7. The van der Waals surface area contributed by atoms with Gasteiger partial charge in [-0.1, -0.05) is 18.2 Å². The number of carbonyl (C=O) groups is 1. The van der Waals surface area contributed by atoms with Gasteiger partial charge in [-0.05, 0) is 62.7 Å². The number of para-hydroxylation sites is 1. The van der Waals surface area contributed by atoms with Gasteiger partial charge in [-0.3, -0.25) is 4.79 Å². The summed E-state index contributed by atoms with van der Waals surface area (Å²) in [7, 11) is 0. The van der Waals surface area contributed by atoms with Crippen LogP contribution in [-0.4, -0.2) is 25.7 Å². The zero-order chi connectivity index (χ0) is 24.5. The van der Waals surface area contributed by atoms with Crippen LogP contribution in [0.3, 0.4) is 0 Å². The van der Waals surface area contributed by atoms with Crippen LogP contribution in [0.2, 0.25) is 0 Å². The number of hydrogen-bond donors (Lipinski definition) is 1. The lowest BCUT2D eigenvalue weighted by atomic mass is 10.1. The molecule has 5 aromatic rings. The van der Waals surface area contributed by atoms with Gasteiger partial charge in [0, 0.05) is 22.8 Å². The molecular formula is C26H21N5O4. The number of carbonyl (C=O) groups excluding carboxylic acids is 1. The summed E-state index contributed by atoms with van der Waals surface area (Å²) in [5, 5.41) is 7.89. The molecule has 0 fully saturated rings. The molecule has 1 N–H and O–H groups in total. The lowest BCUT2D eigenvalue weighted by Crippen LogP contribution is -2.20. The Bertz CT molecular complexity index is 1620. The molecule has 0 bridgehead atoms. The molecule has 0 unspecified atom stereocenters. The molecule has 0 aliphatic carbocycles. The van der Waals surface area contributed by atoms with Crippen LogP contribution in [0, 0.1) is 20.8 Å². The van der Waals surface area contributed by atoms with Crippen LogP contribution >= 0.6 is 0 Å². The van der Waals surface area contributed by atoms with Gasteiger partial charge in [0.15, 0.2) is 5.82 Å². The Labute approximate surface area is 200 Å². The molecular weight excluding hydrogens is 446 g/mol. The van der Waals surface area contributed by atoms with E-state index in [4.69, 9.17) is 9.15 Å². The van der Waals surface area contributed by atoms with E-state index in [1.165, 1.54) is 12.4 Å². The Balaban J connectivity index is 1.31. The summed E-state index contributed by atoms with van der Waals surface area (Å²) in [5.41, 5.74) is 3.18. The minimum atomic E-state index is -0.696. The largest absolute Gasteiger partial charge is 0.439 e. The molecule has 0 aliphatic heterocycles. The van der Waals surface area contributed by atoms with Crippen molar-refractivity contribution in [2.75, 3.05) is 5.32 Å². The zero-order valence-electron chi connectivity index (χ0n) is 19.3. The molecule has 35 heavy (non-hydrogen) atoms. The fraction of sp³-hybridized carbons (Fsp3) is 0.115. The quantitative estimate of drug-likeness (QED) is 0.372. The van der Waals surface area contributed by atoms with Gasteiger partial charge in [-0.2, -0.15) is 5.10 Å². The topological polar surface area (TPSA) is 112 Å². The van der Waals surface area contributed by atoms with Crippen LogP contribution < -0.4 is 15.7 Å². The molecule has 9 heteroatoms. The monoisotopic (exact) mass is 467 g/mol. The zero-order valence-corrected chi connectivity index (χ0v) is 19.3. The Morgan fingerprint density at radius 1 is 1.00 bits per heavy atom. The van der Waals surface area contributed by atoms with Crippen molar-refractivity contribution in [3.05, 3.63) is 99.9 Å². The summed E-state index contributed by atoms with van der Waals surface area (Å²) in [6, 6.07) is 17.0. The van der Waals surface area contributed by atoms with Crippen molar-refractivity contribution in [2.24, 2.45) is 0 Å². The number of amides is 1.